The molecule has 2 aliphatic rings. The number of carbonyl (C=O) groups excluding carboxylic acids is 2. The second kappa shape index (κ2) is 9.80. The zero-order valence-corrected chi connectivity index (χ0v) is 17.3. The number of urea groups is 1. The van der Waals surface area contributed by atoms with Crippen LogP contribution in [0, 0.1) is 0 Å². The Balaban J connectivity index is 1.29. The third kappa shape index (κ3) is 5.21. The first-order valence-electron chi connectivity index (χ1n) is 10.9. The molecule has 2 N–H and O–H groups in total. The van der Waals surface area contributed by atoms with Crippen molar-refractivity contribution in [2.24, 2.45) is 0 Å². The second-order valence-electron chi connectivity index (χ2n) is 8.08. The van der Waals surface area contributed by atoms with Gasteiger partial charge in [-0.05, 0) is 62.2 Å². The Hall–Kier alpha value is -2.80. The summed E-state index contributed by atoms with van der Waals surface area (Å²) in [5.41, 5.74) is 1.80. The summed E-state index contributed by atoms with van der Waals surface area (Å²) in [7, 11) is 0. The largest absolute Gasteiger partial charge is 0.468 e. The first kappa shape index (κ1) is 20.5. The molecule has 1 aromatic heterocycles. The Morgan fingerprint density at radius 3 is 2.50 bits per heavy atom. The first-order valence-corrected chi connectivity index (χ1v) is 10.9. The number of hydrogen-bond acceptors (Lipinski definition) is 4. The molecular weight excluding hydrogens is 380 g/mol. The molecule has 2 fully saturated rings. The Morgan fingerprint density at radius 1 is 1.03 bits per heavy atom. The van der Waals surface area contributed by atoms with Gasteiger partial charge in [-0.1, -0.05) is 18.6 Å². The van der Waals surface area contributed by atoms with E-state index in [1.54, 1.807) is 6.26 Å². The number of nitrogens with zero attached hydrogens (tertiary/aromatic N) is 2. The number of furan rings is 1. The molecule has 2 aliphatic heterocycles. The van der Waals surface area contributed by atoms with E-state index in [1.165, 1.54) is 19.3 Å². The lowest BCUT2D eigenvalue weighted by Crippen LogP contribution is -2.41. The second-order valence-corrected chi connectivity index (χ2v) is 8.08. The lowest BCUT2D eigenvalue weighted by Gasteiger charge is -2.33. The van der Waals surface area contributed by atoms with Gasteiger partial charge < -0.3 is 20.0 Å². The van der Waals surface area contributed by atoms with Gasteiger partial charge in [0.2, 0.25) is 5.91 Å². The van der Waals surface area contributed by atoms with Crippen LogP contribution in [0.5, 0.6) is 0 Å². The third-order valence-corrected chi connectivity index (χ3v) is 5.92. The van der Waals surface area contributed by atoms with Crippen LogP contribution in [-0.2, 0) is 11.3 Å². The number of hydrogen-bond donors (Lipinski definition) is 2. The molecule has 0 bridgehead atoms. The number of rotatable bonds is 7. The molecule has 1 atom stereocenters. The maximum Gasteiger partial charge on any atom is 0.319 e. The molecule has 3 heterocycles. The van der Waals surface area contributed by atoms with E-state index in [-0.39, 0.29) is 18.0 Å². The van der Waals surface area contributed by atoms with Gasteiger partial charge >= 0.3 is 6.03 Å². The molecule has 2 saturated heterocycles. The van der Waals surface area contributed by atoms with Crippen molar-refractivity contribution in [2.75, 3.05) is 31.5 Å². The van der Waals surface area contributed by atoms with Gasteiger partial charge in [0.15, 0.2) is 0 Å². The molecule has 3 amide bonds. The minimum Gasteiger partial charge on any atom is -0.468 e. The predicted octanol–water partition coefficient (Wildman–Crippen LogP) is 3.75. The lowest BCUT2D eigenvalue weighted by molar-refractivity contribution is -0.128. The summed E-state index contributed by atoms with van der Waals surface area (Å²) >= 11 is 0. The van der Waals surface area contributed by atoms with Gasteiger partial charge in [-0.25, -0.2) is 4.79 Å². The summed E-state index contributed by atoms with van der Waals surface area (Å²) in [5, 5.41) is 5.89. The fourth-order valence-corrected chi connectivity index (χ4v) is 4.27. The molecule has 4 rings (SSSR count). The SMILES string of the molecule is O=C(NCC(c1ccco1)N1CCCCC1)Nc1ccc(CN2CCCC2=O)cc1. The van der Waals surface area contributed by atoms with Gasteiger partial charge in [0.05, 0.1) is 12.3 Å². The van der Waals surface area contributed by atoms with Gasteiger partial charge in [-0.15, -0.1) is 0 Å². The minimum absolute atomic E-state index is 0.0476. The Bertz CT molecular complexity index is 829. The van der Waals surface area contributed by atoms with E-state index in [1.807, 2.05) is 41.3 Å². The van der Waals surface area contributed by atoms with E-state index in [4.69, 9.17) is 4.42 Å². The highest BCUT2D eigenvalue weighted by Crippen LogP contribution is 2.24. The number of nitrogens with one attached hydrogen (secondary N) is 2. The van der Waals surface area contributed by atoms with Crippen molar-refractivity contribution in [2.45, 2.75) is 44.7 Å². The molecule has 0 radical (unpaired) electrons. The van der Waals surface area contributed by atoms with Crippen molar-refractivity contribution in [1.29, 1.82) is 0 Å². The van der Waals surface area contributed by atoms with Gasteiger partial charge in [-0.2, -0.15) is 0 Å². The molecule has 2 aromatic rings. The summed E-state index contributed by atoms with van der Waals surface area (Å²) in [5.74, 6) is 1.11. The van der Waals surface area contributed by atoms with Crippen molar-refractivity contribution >= 4 is 17.6 Å². The van der Waals surface area contributed by atoms with E-state index in [0.29, 0.717) is 19.5 Å². The van der Waals surface area contributed by atoms with E-state index in [2.05, 4.69) is 15.5 Å². The summed E-state index contributed by atoms with van der Waals surface area (Å²) < 4.78 is 5.63. The van der Waals surface area contributed by atoms with Crippen LogP contribution < -0.4 is 10.6 Å². The maximum absolute atomic E-state index is 12.5. The van der Waals surface area contributed by atoms with E-state index in [9.17, 15) is 9.59 Å². The number of amides is 3. The number of anilines is 1. The molecule has 160 valence electrons. The van der Waals surface area contributed by atoms with Crippen LogP contribution in [0.2, 0.25) is 0 Å². The molecular formula is C23H30N4O3. The molecule has 1 aromatic carbocycles. The summed E-state index contributed by atoms with van der Waals surface area (Å²) in [6, 6.07) is 11.4. The van der Waals surface area contributed by atoms with Gasteiger partial charge in [0.25, 0.3) is 0 Å². The molecule has 7 nitrogen and oxygen atoms in total. The van der Waals surface area contributed by atoms with Crippen molar-refractivity contribution in [3.05, 3.63) is 54.0 Å². The first-order chi connectivity index (χ1) is 14.7. The number of piperidine rings is 1. The van der Waals surface area contributed by atoms with E-state index < -0.39 is 0 Å². The minimum atomic E-state index is -0.231. The molecule has 1 unspecified atom stereocenters. The Labute approximate surface area is 177 Å². The third-order valence-electron chi connectivity index (χ3n) is 5.92. The molecule has 0 saturated carbocycles. The highest BCUT2D eigenvalue weighted by atomic mass is 16.3. The van der Waals surface area contributed by atoms with Crippen LogP contribution in [0.4, 0.5) is 10.5 Å². The van der Waals surface area contributed by atoms with E-state index in [0.717, 1.165) is 43.1 Å². The van der Waals surface area contributed by atoms with Crippen LogP contribution in [0.3, 0.4) is 0 Å². The zero-order chi connectivity index (χ0) is 20.8. The monoisotopic (exact) mass is 410 g/mol. The molecule has 30 heavy (non-hydrogen) atoms. The van der Waals surface area contributed by atoms with Gasteiger partial charge in [0, 0.05) is 31.7 Å². The quantitative estimate of drug-likeness (QED) is 0.729. The molecule has 7 heteroatoms. The van der Waals surface area contributed by atoms with Crippen molar-refractivity contribution in [3.8, 4) is 0 Å². The van der Waals surface area contributed by atoms with Crippen LogP contribution in [0.15, 0.2) is 47.1 Å². The van der Waals surface area contributed by atoms with Crippen LogP contribution >= 0.6 is 0 Å². The summed E-state index contributed by atoms with van der Waals surface area (Å²) in [6.45, 7) is 4.00. The van der Waals surface area contributed by atoms with Crippen LogP contribution in [-0.4, -0.2) is 47.9 Å². The maximum atomic E-state index is 12.5. The van der Waals surface area contributed by atoms with Crippen molar-refractivity contribution < 1.29 is 14.0 Å². The molecule has 0 spiro atoms. The zero-order valence-electron chi connectivity index (χ0n) is 17.3. The Kier molecular flexibility index (Phi) is 6.69. The average molecular weight is 411 g/mol. The van der Waals surface area contributed by atoms with Crippen molar-refractivity contribution in [3.63, 3.8) is 0 Å². The Morgan fingerprint density at radius 2 is 1.83 bits per heavy atom. The van der Waals surface area contributed by atoms with Crippen LogP contribution in [0.25, 0.3) is 0 Å². The van der Waals surface area contributed by atoms with Crippen LogP contribution in [0.1, 0.15) is 49.5 Å². The summed E-state index contributed by atoms with van der Waals surface area (Å²) in [4.78, 5) is 28.5. The highest BCUT2D eigenvalue weighted by Gasteiger charge is 2.25. The lowest BCUT2D eigenvalue weighted by atomic mass is 10.1. The fourth-order valence-electron chi connectivity index (χ4n) is 4.27. The molecule has 0 aliphatic carbocycles. The van der Waals surface area contributed by atoms with Gasteiger partial charge in [-0.3, -0.25) is 9.69 Å². The topological polar surface area (TPSA) is 77.8 Å². The number of benzene rings is 1. The summed E-state index contributed by atoms with van der Waals surface area (Å²) in [6.07, 6.45) is 6.89. The van der Waals surface area contributed by atoms with Crippen molar-refractivity contribution in [1.82, 2.24) is 15.1 Å². The van der Waals surface area contributed by atoms with Gasteiger partial charge in [0.1, 0.15) is 5.76 Å². The number of carbonyl (C=O) groups is 2. The highest BCUT2D eigenvalue weighted by molar-refractivity contribution is 5.89. The predicted molar refractivity (Wildman–Crippen MR) is 115 cm³/mol. The normalized spacial score (nSPS) is 18.4. The standard InChI is InChI=1S/C23H30N4O3/c28-22-7-4-14-27(22)17-18-8-10-19(11-9-18)25-23(29)24-16-20(21-6-5-15-30-21)26-12-2-1-3-13-26/h5-6,8-11,15,20H,1-4,7,12-14,16-17H2,(H2,24,25,29). The average Bonchev–Trinajstić information content (AvgIpc) is 3.43. The number of likely N-dealkylation sites (tertiary alicyclic amines) is 2. The smallest absolute Gasteiger partial charge is 0.319 e. The fraction of sp³-hybridized carbons (Fsp3) is 0.478. The van der Waals surface area contributed by atoms with E-state index >= 15 is 0 Å².